The number of alkyl carbamates (subject to hydrolysis) is 1. The molecule has 2 N–H and O–H groups in total. The van der Waals surface area contributed by atoms with Gasteiger partial charge >= 0.3 is 18.7 Å². The van der Waals surface area contributed by atoms with Crippen LogP contribution >= 0.6 is 23.2 Å². The van der Waals surface area contributed by atoms with Crippen LogP contribution in [0.4, 0.5) is 13.6 Å². The summed E-state index contributed by atoms with van der Waals surface area (Å²) >= 11 is 13.0. The van der Waals surface area contributed by atoms with Crippen LogP contribution in [-0.2, 0) is 15.9 Å². The van der Waals surface area contributed by atoms with Gasteiger partial charge in [-0.2, -0.15) is 8.78 Å². The van der Waals surface area contributed by atoms with E-state index in [0.29, 0.717) is 61.9 Å². The number of hydrogen-bond donors (Lipinski definition) is 2. The Bertz CT molecular complexity index is 1860. The highest BCUT2D eigenvalue weighted by Gasteiger charge is 2.30. The summed E-state index contributed by atoms with van der Waals surface area (Å²) in [5, 5.41) is 6.51. The van der Waals surface area contributed by atoms with Crippen molar-refractivity contribution < 1.29 is 46.8 Å². The van der Waals surface area contributed by atoms with Gasteiger partial charge in [-0.15, -0.1) is 0 Å². The molecule has 2 amide bonds. The van der Waals surface area contributed by atoms with Crippen LogP contribution in [0.25, 0.3) is 0 Å². The number of ether oxygens (including phenoxy) is 5. The minimum absolute atomic E-state index is 0.0180. The summed E-state index contributed by atoms with van der Waals surface area (Å²) in [5.74, 6) is -0.210. The maximum absolute atomic E-state index is 13.9. The second-order valence-electron chi connectivity index (χ2n) is 15.7. The molecule has 56 heavy (non-hydrogen) atoms. The molecule has 0 saturated heterocycles. The van der Waals surface area contributed by atoms with Crippen LogP contribution in [0.2, 0.25) is 10.0 Å². The quantitative estimate of drug-likeness (QED) is 0.136. The minimum Gasteiger partial charge on any atom is -0.492 e. The van der Waals surface area contributed by atoms with Crippen LogP contribution in [0, 0.1) is 11.8 Å². The first kappa shape index (κ1) is 41.3. The van der Waals surface area contributed by atoms with Crippen molar-refractivity contribution in [3.63, 3.8) is 0 Å². The lowest BCUT2D eigenvalue weighted by Crippen LogP contribution is -2.45. The average molecular weight is 819 g/mol. The summed E-state index contributed by atoms with van der Waals surface area (Å²) in [4.78, 5) is 43.9. The van der Waals surface area contributed by atoms with E-state index < -0.39 is 30.4 Å². The number of aromatic nitrogens is 1. The molecule has 302 valence electrons. The second-order valence-corrected chi connectivity index (χ2v) is 16.5. The van der Waals surface area contributed by atoms with Gasteiger partial charge in [0.1, 0.15) is 17.5 Å². The first-order valence-electron chi connectivity index (χ1n) is 19.0. The molecule has 3 aromatic rings. The number of hydrogen-bond acceptors (Lipinski definition) is 9. The van der Waals surface area contributed by atoms with Crippen molar-refractivity contribution in [1.29, 1.82) is 0 Å². The Balaban J connectivity index is 1.19. The zero-order chi connectivity index (χ0) is 40.0. The largest absolute Gasteiger partial charge is 0.492 e. The summed E-state index contributed by atoms with van der Waals surface area (Å²) in [7, 11) is 0. The number of benzene rings is 2. The van der Waals surface area contributed by atoms with Gasteiger partial charge in [0.15, 0.2) is 11.5 Å². The number of halogens is 4. The van der Waals surface area contributed by atoms with Crippen molar-refractivity contribution in [2.75, 3.05) is 13.2 Å². The summed E-state index contributed by atoms with van der Waals surface area (Å²) in [6.45, 7) is 3.07. The van der Waals surface area contributed by atoms with Crippen LogP contribution in [0.15, 0.2) is 48.8 Å². The minimum atomic E-state index is -3.07. The van der Waals surface area contributed by atoms with Crippen LogP contribution in [0.5, 0.6) is 17.2 Å². The molecule has 1 atom stereocenters. The van der Waals surface area contributed by atoms with Crippen LogP contribution in [-0.4, -0.2) is 60.5 Å². The number of rotatable bonds is 16. The van der Waals surface area contributed by atoms with Crippen molar-refractivity contribution in [2.45, 2.75) is 109 Å². The number of amides is 2. The Morgan fingerprint density at radius 1 is 0.804 bits per heavy atom. The SMILES string of the molecule is CC(C)(C)OC(=O)N[C@H]1CC[C@@H](NC(=O)c2ccc(C(=O)O[C@@H](Cc3c(Cl)cncc3Cl)c3ccc(OC(F)F)c(OCC4CC4)c3)cc2OCC2CC2)CC1. The predicted molar refractivity (Wildman–Crippen MR) is 205 cm³/mol. The van der Waals surface area contributed by atoms with Crippen molar-refractivity contribution in [3.8, 4) is 17.2 Å². The molecule has 0 bridgehead atoms. The normalized spacial score (nSPS) is 18.8. The molecule has 2 aromatic carbocycles. The van der Waals surface area contributed by atoms with Gasteiger partial charge in [0.25, 0.3) is 5.91 Å². The molecule has 6 rings (SSSR count). The van der Waals surface area contributed by atoms with E-state index in [0.717, 1.165) is 25.7 Å². The molecule has 1 aromatic heterocycles. The van der Waals surface area contributed by atoms with Gasteiger partial charge in [-0.3, -0.25) is 9.78 Å². The van der Waals surface area contributed by atoms with Crippen molar-refractivity contribution in [1.82, 2.24) is 15.6 Å². The lowest BCUT2D eigenvalue weighted by atomic mass is 9.91. The third kappa shape index (κ3) is 12.1. The van der Waals surface area contributed by atoms with E-state index in [4.69, 9.17) is 46.9 Å². The highest BCUT2D eigenvalue weighted by molar-refractivity contribution is 6.35. The predicted octanol–water partition coefficient (Wildman–Crippen LogP) is 9.27. The third-order valence-electron chi connectivity index (χ3n) is 9.73. The van der Waals surface area contributed by atoms with Crippen molar-refractivity contribution in [2.24, 2.45) is 11.8 Å². The van der Waals surface area contributed by atoms with E-state index in [1.807, 2.05) is 20.8 Å². The monoisotopic (exact) mass is 817 g/mol. The molecule has 1 heterocycles. The molecule has 0 unspecified atom stereocenters. The van der Waals surface area contributed by atoms with Gasteiger partial charge in [-0.1, -0.05) is 29.3 Å². The number of nitrogens with one attached hydrogen (secondary N) is 2. The molecule has 0 radical (unpaired) electrons. The fourth-order valence-electron chi connectivity index (χ4n) is 6.33. The molecule has 0 aliphatic heterocycles. The number of nitrogens with zero attached hydrogens (tertiary/aromatic N) is 1. The fourth-order valence-corrected chi connectivity index (χ4v) is 6.85. The fraction of sp³-hybridized carbons (Fsp3) is 0.512. The highest BCUT2D eigenvalue weighted by atomic mass is 35.5. The first-order chi connectivity index (χ1) is 26.7. The number of carbonyl (C=O) groups is 3. The third-order valence-corrected chi connectivity index (χ3v) is 10.4. The summed E-state index contributed by atoms with van der Waals surface area (Å²) < 4.78 is 54.8. The molecule has 11 nitrogen and oxygen atoms in total. The smallest absolute Gasteiger partial charge is 0.407 e. The van der Waals surface area contributed by atoms with Gasteiger partial charge in [0.2, 0.25) is 0 Å². The number of carbonyl (C=O) groups excluding carboxylic acids is 3. The standard InChI is InChI=1S/C41H47Cl2F2N3O8/c1-41(2,3)56-40(51)48-28-12-10-27(11-13-28)47-37(49)29-14-8-26(17-35(29)52-21-23-4-5-23)38(50)54-34(18-30-31(42)19-46-20-32(30)43)25-9-15-33(55-39(44)45)36(16-25)53-22-24-6-7-24/h8-9,14-17,19-20,23-24,27-28,34,39H,4-7,10-13,18,21-22H2,1-3H3,(H,47,49)(H,48,51)/t27-,28+,34-/m0/s1. The van der Waals surface area contributed by atoms with Gasteiger partial charge in [0, 0.05) is 30.9 Å². The Kier molecular flexibility index (Phi) is 13.5. The number of alkyl halides is 2. The van der Waals surface area contributed by atoms with E-state index >= 15 is 0 Å². The van der Waals surface area contributed by atoms with Crippen LogP contribution in [0.3, 0.4) is 0 Å². The molecule has 3 fully saturated rings. The van der Waals surface area contributed by atoms with Crippen LogP contribution < -0.4 is 24.8 Å². The van der Waals surface area contributed by atoms with Crippen molar-refractivity contribution >= 4 is 41.2 Å². The zero-order valence-corrected chi connectivity index (χ0v) is 33.1. The van der Waals surface area contributed by atoms with E-state index in [-0.39, 0.29) is 62.8 Å². The maximum atomic E-state index is 13.9. The average Bonchev–Trinajstić information content (AvgIpc) is 4.07. The molecule has 3 saturated carbocycles. The van der Waals surface area contributed by atoms with Crippen molar-refractivity contribution in [3.05, 3.63) is 81.1 Å². The van der Waals surface area contributed by atoms with E-state index in [9.17, 15) is 23.2 Å². The number of esters is 1. The van der Waals surface area contributed by atoms with Gasteiger partial charge in [-0.25, -0.2) is 9.59 Å². The van der Waals surface area contributed by atoms with E-state index in [1.165, 1.54) is 48.8 Å². The Hall–Kier alpha value is -4.36. The van der Waals surface area contributed by atoms with E-state index in [1.54, 1.807) is 0 Å². The second kappa shape index (κ2) is 18.3. The molecule has 0 spiro atoms. The Morgan fingerprint density at radius 3 is 2.00 bits per heavy atom. The molecular formula is C41H47Cl2F2N3O8. The lowest BCUT2D eigenvalue weighted by molar-refractivity contribution is -0.0515. The first-order valence-corrected chi connectivity index (χ1v) is 19.7. The van der Waals surface area contributed by atoms with Crippen LogP contribution in [0.1, 0.15) is 110 Å². The number of pyridine rings is 1. The zero-order valence-electron chi connectivity index (χ0n) is 31.6. The molecule has 15 heteroatoms. The van der Waals surface area contributed by atoms with Gasteiger partial charge in [0.05, 0.1) is 34.4 Å². The Labute approximate surface area is 335 Å². The topological polar surface area (TPSA) is 134 Å². The summed E-state index contributed by atoms with van der Waals surface area (Å²) in [5.41, 5.74) is 0.689. The molecule has 3 aliphatic carbocycles. The Morgan fingerprint density at radius 2 is 1.41 bits per heavy atom. The summed E-state index contributed by atoms with van der Waals surface area (Å²) in [6.07, 6.45) is 8.04. The van der Waals surface area contributed by atoms with Gasteiger partial charge < -0.3 is 34.3 Å². The molecular weight excluding hydrogens is 771 g/mol. The lowest BCUT2D eigenvalue weighted by Gasteiger charge is -2.30. The highest BCUT2D eigenvalue weighted by Crippen LogP contribution is 2.39. The molecule has 3 aliphatic rings. The van der Waals surface area contributed by atoms with E-state index in [2.05, 4.69) is 15.6 Å². The maximum Gasteiger partial charge on any atom is 0.407 e. The van der Waals surface area contributed by atoms with Gasteiger partial charge in [-0.05, 0) is 125 Å². The summed E-state index contributed by atoms with van der Waals surface area (Å²) in [6, 6.07) is 8.73.